The highest BCUT2D eigenvalue weighted by molar-refractivity contribution is 5.95. The third-order valence-electron chi connectivity index (χ3n) is 4.92. The molecule has 3 heterocycles. The summed E-state index contributed by atoms with van der Waals surface area (Å²) >= 11 is 0. The Bertz CT molecular complexity index is 760. The van der Waals surface area contributed by atoms with Gasteiger partial charge in [0.2, 0.25) is 0 Å². The van der Waals surface area contributed by atoms with Crippen molar-refractivity contribution in [3.05, 3.63) is 54.0 Å². The van der Waals surface area contributed by atoms with Crippen molar-refractivity contribution in [1.29, 1.82) is 0 Å². The average molecular weight is 356 g/mol. The van der Waals surface area contributed by atoms with E-state index in [2.05, 4.69) is 4.90 Å². The number of ether oxygens (including phenoxy) is 2. The van der Waals surface area contributed by atoms with Crippen LogP contribution in [0.4, 0.5) is 5.69 Å². The molecular weight excluding hydrogens is 332 g/mol. The number of rotatable bonds is 3. The number of para-hydroxylation sites is 1. The summed E-state index contributed by atoms with van der Waals surface area (Å²) in [6.45, 7) is 5.86. The largest absolute Gasteiger partial charge is 0.465 e. The van der Waals surface area contributed by atoms with E-state index in [0.717, 1.165) is 23.8 Å². The van der Waals surface area contributed by atoms with E-state index < -0.39 is 5.60 Å². The topological polar surface area (TPSA) is 55.2 Å². The summed E-state index contributed by atoms with van der Waals surface area (Å²) in [7, 11) is 0. The Morgan fingerprint density at radius 2 is 1.96 bits per heavy atom. The molecule has 2 aromatic rings. The van der Waals surface area contributed by atoms with E-state index in [1.54, 1.807) is 0 Å². The molecule has 0 bridgehead atoms. The lowest BCUT2D eigenvalue weighted by molar-refractivity contribution is -0.146. The van der Waals surface area contributed by atoms with Crippen molar-refractivity contribution in [2.75, 3.05) is 44.4 Å². The maximum atomic E-state index is 12.4. The molecule has 2 fully saturated rings. The van der Waals surface area contributed by atoms with E-state index in [1.807, 2.05) is 54.3 Å². The van der Waals surface area contributed by atoms with E-state index in [9.17, 15) is 4.79 Å². The second-order valence-electron chi connectivity index (χ2n) is 7.06. The zero-order chi connectivity index (χ0) is 18.0. The second kappa shape index (κ2) is 7.23. The van der Waals surface area contributed by atoms with Crippen LogP contribution in [-0.2, 0) is 20.8 Å². The number of nitrogens with zero attached hydrogens (tertiary/aromatic N) is 2. The fraction of sp³-hybridized carbons (Fsp3) is 0.450. The van der Waals surface area contributed by atoms with E-state index in [-0.39, 0.29) is 12.5 Å². The van der Waals surface area contributed by atoms with Gasteiger partial charge in [0.25, 0.3) is 5.91 Å². The number of hydrogen-bond acceptors (Lipinski definition) is 5. The van der Waals surface area contributed by atoms with E-state index in [1.165, 1.54) is 0 Å². The van der Waals surface area contributed by atoms with Crippen LogP contribution >= 0.6 is 0 Å². The van der Waals surface area contributed by atoms with Crippen molar-refractivity contribution < 1.29 is 18.7 Å². The lowest BCUT2D eigenvalue weighted by Gasteiger charge is -2.43. The van der Waals surface area contributed by atoms with Crippen LogP contribution in [0.5, 0.6) is 0 Å². The zero-order valence-electron chi connectivity index (χ0n) is 15.0. The number of amides is 1. The van der Waals surface area contributed by atoms with Crippen LogP contribution < -0.4 is 4.90 Å². The van der Waals surface area contributed by atoms with Crippen LogP contribution in [0, 0.1) is 6.92 Å². The van der Waals surface area contributed by atoms with Crippen molar-refractivity contribution in [3.8, 4) is 0 Å². The van der Waals surface area contributed by atoms with Crippen molar-refractivity contribution in [1.82, 2.24) is 4.90 Å². The van der Waals surface area contributed by atoms with Gasteiger partial charge in [-0.15, -0.1) is 0 Å². The van der Waals surface area contributed by atoms with Crippen molar-refractivity contribution in [2.45, 2.75) is 19.1 Å². The number of aryl methyl sites for hydroxylation is 1. The minimum Gasteiger partial charge on any atom is -0.465 e. The molecule has 2 aliphatic rings. The van der Waals surface area contributed by atoms with Gasteiger partial charge in [-0.3, -0.25) is 9.69 Å². The van der Waals surface area contributed by atoms with Crippen LogP contribution in [-0.4, -0.2) is 55.9 Å². The summed E-state index contributed by atoms with van der Waals surface area (Å²) in [5, 5.41) is 0. The van der Waals surface area contributed by atoms with Crippen LogP contribution in [0.1, 0.15) is 11.5 Å². The maximum absolute atomic E-state index is 12.4. The summed E-state index contributed by atoms with van der Waals surface area (Å²) in [5.41, 5.74) is 0.375. The fourth-order valence-corrected chi connectivity index (χ4v) is 3.65. The molecule has 2 saturated heterocycles. The Kier molecular flexibility index (Phi) is 4.80. The average Bonchev–Trinajstić information content (AvgIpc) is 2.95. The molecule has 0 saturated carbocycles. The van der Waals surface area contributed by atoms with Crippen molar-refractivity contribution in [2.24, 2.45) is 0 Å². The quantitative estimate of drug-likeness (QED) is 0.844. The lowest BCUT2D eigenvalue weighted by Crippen LogP contribution is -2.60. The third-order valence-corrected chi connectivity index (χ3v) is 4.92. The molecule has 0 aliphatic carbocycles. The molecule has 0 unspecified atom stereocenters. The second-order valence-corrected chi connectivity index (χ2v) is 7.06. The van der Waals surface area contributed by atoms with Gasteiger partial charge in [0.15, 0.2) is 0 Å². The summed E-state index contributed by atoms with van der Waals surface area (Å²) in [5.74, 6) is 1.83. The molecule has 1 spiro atoms. The Hall–Kier alpha value is -2.15. The highest BCUT2D eigenvalue weighted by Gasteiger charge is 2.43. The number of anilines is 1. The highest BCUT2D eigenvalue weighted by atomic mass is 16.6. The van der Waals surface area contributed by atoms with Crippen LogP contribution in [0.15, 0.2) is 46.9 Å². The van der Waals surface area contributed by atoms with Gasteiger partial charge in [-0.05, 0) is 31.2 Å². The molecule has 4 rings (SSSR count). The molecule has 6 heteroatoms. The Labute approximate surface area is 153 Å². The van der Waals surface area contributed by atoms with Gasteiger partial charge < -0.3 is 18.8 Å². The molecule has 2 aliphatic heterocycles. The van der Waals surface area contributed by atoms with Gasteiger partial charge in [0.1, 0.15) is 23.7 Å². The zero-order valence-corrected chi connectivity index (χ0v) is 15.0. The first-order valence-electron chi connectivity index (χ1n) is 8.98. The molecule has 138 valence electrons. The van der Waals surface area contributed by atoms with Crippen LogP contribution in [0.2, 0.25) is 0 Å². The molecule has 0 radical (unpaired) electrons. The summed E-state index contributed by atoms with van der Waals surface area (Å²) in [6, 6.07) is 13.7. The Balaban J connectivity index is 1.52. The lowest BCUT2D eigenvalue weighted by atomic mass is 10.0. The summed E-state index contributed by atoms with van der Waals surface area (Å²) in [4.78, 5) is 16.5. The monoisotopic (exact) mass is 356 g/mol. The first kappa shape index (κ1) is 17.3. The van der Waals surface area contributed by atoms with Gasteiger partial charge in [-0.1, -0.05) is 18.2 Å². The number of morpholine rings is 1. The van der Waals surface area contributed by atoms with Gasteiger partial charge in [0, 0.05) is 18.8 Å². The van der Waals surface area contributed by atoms with Gasteiger partial charge in [-0.2, -0.15) is 0 Å². The molecule has 0 N–H and O–H groups in total. The van der Waals surface area contributed by atoms with Crippen molar-refractivity contribution in [3.63, 3.8) is 0 Å². The fourth-order valence-electron chi connectivity index (χ4n) is 3.65. The first-order chi connectivity index (χ1) is 12.6. The molecule has 1 aromatic heterocycles. The van der Waals surface area contributed by atoms with Crippen LogP contribution in [0.3, 0.4) is 0 Å². The summed E-state index contributed by atoms with van der Waals surface area (Å²) < 4.78 is 17.6. The molecule has 1 atom stereocenters. The summed E-state index contributed by atoms with van der Waals surface area (Å²) in [6.07, 6.45) is 0. The molecule has 1 aromatic carbocycles. The maximum Gasteiger partial charge on any atom is 0.253 e. The SMILES string of the molecule is Cc1ccc(CN2CCOC[C@]3(C2)CN(c2ccccc2)C(=O)CO3)o1. The van der Waals surface area contributed by atoms with Crippen molar-refractivity contribution >= 4 is 11.6 Å². The normalized spacial score (nSPS) is 24.8. The van der Waals surface area contributed by atoms with Crippen LogP contribution in [0.25, 0.3) is 0 Å². The van der Waals surface area contributed by atoms with Gasteiger partial charge in [0.05, 0.1) is 26.3 Å². The molecular formula is C20H24N2O4. The Morgan fingerprint density at radius 3 is 2.73 bits per heavy atom. The van der Waals surface area contributed by atoms with Gasteiger partial charge in [-0.25, -0.2) is 0 Å². The number of carbonyl (C=O) groups excluding carboxylic acids is 1. The third kappa shape index (κ3) is 3.67. The number of furan rings is 1. The number of hydrogen-bond donors (Lipinski definition) is 0. The predicted molar refractivity (Wildman–Crippen MR) is 97.0 cm³/mol. The van der Waals surface area contributed by atoms with Gasteiger partial charge >= 0.3 is 0 Å². The number of carbonyl (C=O) groups is 1. The minimum atomic E-state index is -0.526. The molecule has 6 nitrogen and oxygen atoms in total. The standard InChI is InChI=1S/C20H24N2O4/c1-16-7-8-18(26-16)11-21-9-10-24-15-20(13-21)14-22(19(23)12-25-20)17-5-3-2-4-6-17/h2-8H,9-15H2,1H3/t20-/m0/s1. The Morgan fingerprint density at radius 1 is 1.12 bits per heavy atom. The number of benzene rings is 1. The highest BCUT2D eigenvalue weighted by Crippen LogP contribution is 2.27. The van der Waals surface area contributed by atoms with E-state index in [4.69, 9.17) is 13.9 Å². The molecule has 26 heavy (non-hydrogen) atoms. The predicted octanol–water partition coefficient (Wildman–Crippen LogP) is 2.22. The smallest absolute Gasteiger partial charge is 0.253 e. The minimum absolute atomic E-state index is 0.0146. The van der Waals surface area contributed by atoms with E-state index >= 15 is 0 Å². The van der Waals surface area contributed by atoms with E-state index in [0.29, 0.717) is 32.8 Å². The molecule has 1 amide bonds. The first-order valence-corrected chi connectivity index (χ1v) is 8.98.